The standard InChI is InChI=1S/C19H20N2O2/c1-11-5-7-14-13(3)18(20-15(14)9-11)19(22)21-16-10-12(2)6-8-17(16)23-4/h5-10,20H,1-4H3,(H,21,22). The summed E-state index contributed by atoms with van der Waals surface area (Å²) in [7, 11) is 1.59. The molecule has 1 amide bonds. The highest BCUT2D eigenvalue weighted by Gasteiger charge is 2.16. The summed E-state index contributed by atoms with van der Waals surface area (Å²) in [6, 6.07) is 11.8. The summed E-state index contributed by atoms with van der Waals surface area (Å²) in [6.07, 6.45) is 0. The predicted octanol–water partition coefficient (Wildman–Crippen LogP) is 4.35. The van der Waals surface area contributed by atoms with Crippen LogP contribution in [0.1, 0.15) is 27.2 Å². The minimum absolute atomic E-state index is 0.166. The van der Waals surface area contributed by atoms with Gasteiger partial charge in [-0.15, -0.1) is 0 Å². The molecule has 0 aliphatic carbocycles. The van der Waals surface area contributed by atoms with Crippen molar-refractivity contribution in [3.05, 3.63) is 58.8 Å². The van der Waals surface area contributed by atoms with E-state index in [4.69, 9.17) is 4.74 Å². The molecule has 2 N–H and O–H groups in total. The fraction of sp³-hybridized carbons (Fsp3) is 0.211. The van der Waals surface area contributed by atoms with Crippen LogP contribution in [0.5, 0.6) is 5.75 Å². The highest BCUT2D eigenvalue weighted by atomic mass is 16.5. The normalized spacial score (nSPS) is 10.8. The molecule has 0 aliphatic rings. The van der Waals surface area contributed by atoms with Gasteiger partial charge in [-0.1, -0.05) is 18.2 Å². The van der Waals surface area contributed by atoms with Crippen LogP contribution >= 0.6 is 0 Å². The van der Waals surface area contributed by atoms with E-state index in [1.807, 2.05) is 51.1 Å². The van der Waals surface area contributed by atoms with Crippen molar-refractivity contribution in [3.8, 4) is 5.75 Å². The number of H-pyrrole nitrogens is 1. The zero-order valence-corrected chi connectivity index (χ0v) is 13.8. The van der Waals surface area contributed by atoms with Gasteiger partial charge in [0.2, 0.25) is 0 Å². The van der Waals surface area contributed by atoms with E-state index in [1.54, 1.807) is 7.11 Å². The number of anilines is 1. The summed E-state index contributed by atoms with van der Waals surface area (Å²) in [5.74, 6) is 0.480. The minimum atomic E-state index is -0.166. The third-order valence-electron chi connectivity index (χ3n) is 4.04. The number of methoxy groups -OCH3 is 1. The first kappa shape index (κ1) is 15.2. The maximum atomic E-state index is 12.7. The molecule has 0 saturated heterocycles. The molecule has 0 bridgehead atoms. The van der Waals surface area contributed by atoms with Gasteiger partial charge in [0, 0.05) is 10.9 Å². The van der Waals surface area contributed by atoms with Crippen molar-refractivity contribution in [2.75, 3.05) is 12.4 Å². The molecule has 0 saturated carbocycles. The second-order valence-corrected chi connectivity index (χ2v) is 5.83. The van der Waals surface area contributed by atoms with Crippen molar-refractivity contribution in [1.82, 2.24) is 4.98 Å². The Hall–Kier alpha value is -2.75. The quantitative estimate of drug-likeness (QED) is 0.755. The number of benzene rings is 2. The fourth-order valence-corrected chi connectivity index (χ4v) is 2.78. The van der Waals surface area contributed by atoms with Crippen LogP contribution in [-0.4, -0.2) is 18.0 Å². The lowest BCUT2D eigenvalue weighted by Gasteiger charge is -2.10. The molecule has 0 fully saturated rings. The van der Waals surface area contributed by atoms with Gasteiger partial charge >= 0.3 is 0 Å². The van der Waals surface area contributed by atoms with E-state index in [0.717, 1.165) is 27.6 Å². The lowest BCUT2D eigenvalue weighted by atomic mass is 10.1. The maximum absolute atomic E-state index is 12.7. The number of ether oxygens (including phenoxy) is 1. The van der Waals surface area contributed by atoms with Crippen LogP contribution in [0.3, 0.4) is 0 Å². The smallest absolute Gasteiger partial charge is 0.272 e. The van der Waals surface area contributed by atoms with E-state index in [9.17, 15) is 4.79 Å². The van der Waals surface area contributed by atoms with E-state index in [2.05, 4.69) is 16.4 Å². The number of aryl methyl sites for hydroxylation is 3. The molecular weight excluding hydrogens is 288 g/mol. The van der Waals surface area contributed by atoms with Crippen LogP contribution < -0.4 is 10.1 Å². The van der Waals surface area contributed by atoms with Crippen molar-refractivity contribution in [3.63, 3.8) is 0 Å². The van der Waals surface area contributed by atoms with Gasteiger partial charge in [0.25, 0.3) is 5.91 Å². The molecule has 3 rings (SSSR count). The number of hydrogen-bond donors (Lipinski definition) is 2. The van der Waals surface area contributed by atoms with E-state index < -0.39 is 0 Å². The van der Waals surface area contributed by atoms with E-state index in [0.29, 0.717) is 17.1 Å². The third-order valence-corrected chi connectivity index (χ3v) is 4.04. The van der Waals surface area contributed by atoms with Crippen molar-refractivity contribution in [1.29, 1.82) is 0 Å². The Balaban J connectivity index is 1.98. The Labute approximate surface area is 135 Å². The molecular formula is C19H20N2O2. The Bertz CT molecular complexity index is 894. The van der Waals surface area contributed by atoms with Crippen molar-refractivity contribution in [2.45, 2.75) is 20.8 Å². The van der Waals surface area contributed by atoms with Crippen LogP contribution in [0.4, 0.5) is 5.69 Å². The second-order valence-electron chi connectivity index (χ2n) is 5.83. The van der Waals surface area contributed by atoms with Crippen LogP contribution in [0, 0.1) is 20.8 Å². The topological polar surface area (TPSA) is 54.1 Å². The zero-order chi connectivity index (χ0) is 16.6. The lowest BCUT2D eigenvalue weighted by molar-refractivity contribution is 0.102. The molecule has 0 radical (unpaired) electrons. The summed E-state index contributed by atoms with van der Waals surface area (Å²) >= 11 is 0. The molecule has 1 aromatic heterocycles. The van der Waals surface area contributed by atoms with Gasteiger partial charge < -0.3 is 15.0 Å². The Morgan fingerprint density at radius 1 is 1.04 bits per heavy atom. The van der Waals surface area contributed by atoms with Crippen molar-refractivity contribution < 1.29 is 9.53 Å². The van der Waals surface area contributed by atoms with Crippen LogP contribution in [-0.2, 0) is 0 Å². The summed E-state index contributed by atoms with van der Waals surface area (Å²) in [4.78, 5) is 15.9. The van der Waals surface area contributed by atoms with Crippen molar-refractivity contribution in [2.24, 2.45) is 0 Å². The summed E-state index contributed by atoms with van der Waals surface area (Å²) in [5.41, 5.74) is 5.39. The molecule has 0 unspecified atom stereocenters. The third kappa shape index (κ3) is 2.80. The van der Waals surface area contributed by atoms with Gasteiger partial charge in [0.05, 0.1) is 12.8 Å². The highest BCUT2D eigenvalue weighted by Crippen LogP contribution is 2.27. The van der Waals surface area contributed by atoms with Gasteiger partial charge in [0.15, 0.2) is 0 Å². The molecule has 0 aliphatic heterocycles. The summed E-state index contributed by atoms with van der Waals surface area (Å²) < 4.78 is 5.32. The molecule has 23 heavy (non-hydrogen) atoms. The first-order chi connectivity index (χ1) is 11.0. The zero-order valence-electron chi connectivity index (χ0n) is 13.8. The number of carbonyl (C=O) groups is 1. The average Bonchev–Trinajstić information content (AvgIpc) is 2.84. The first-order valence-corrected chi connectivity index (χ1v) is 7.54. The van der Waals surface area contributed by atoms with Gasteiger partial charge in [-0.25, -0.2) is 0 Å². The molecule has 3 aromatic rings. The summed E-state index contributed by atoms with van der Waals surface area (Å²) in [5, 5.41) is 4.01. The number of nitrogens with one attached hydrogen (secondary N) is 2. The molecule has 4 nitrogen and oxygen atoms in total. The Kier molecular flexibility index (Phi) is 3.82. The van der Waals surface area contributed by atoms with E-state index in [1.165, 1.54) is 0 Å². The van der Waals surface area contributed by atoms with Crippen molar-refractivity contribution >= 4 is 22.5 Å². The highest BCUT2D eigenvalue weighted by molar-refractivity contribution is 6.08. The van der Waals surface area contributed by atoms with Crippen LogP contribution in [0.15, 0.2) is 36.4 Å². The average molecular weight is 308 g/mol. The number of aromatic nitrogens is 1. The predicted molar refractivity (Wildman–Crippen MR) is 93.5 cm³/mol. The molecule has 118 valence electrons. The number of amides is 1. The van der Waals surface area contributed by atoms with E-state index in [-0.39, 0.29) is 5.91 Å². The number of hydrogen-bond acceptors (Lipinski definition) is 2. The van der Waals surface area contributed by atoms with Gasteiger partial charge in [-0.05, 0) is 55.7 Å². The molecule has 1 heterocycles. The lowest BCUT2D eigenvalue weighted by Crippen LogP contribution is -2.14. The molecule has 4 heteroatoms. The minimum Gasteiger partial charge on any atom is -0.495 e. The number of carbonyl (C=O) groups excluding carboxylic acids is 1. The van der Waals surface area contributed by atoms with Crippen LogP contribution in [0.2, 0.25) is 0 Å². The number of rotatable bonds is 3. The first-order valence-electron chi connectivity index (χ1n) is 7.54. The fourth-order valence-electron chi connectivity index (χ4n) is 2.78. The monoisotopic (exact) mass is 308 g/mol. The molecule has 2 aromatic carbocycles. The van der Waals surface area contributed by atoms with E-state index >= 15 is 0 Å². The molecule has 0 spiro atoms. The molecule has 0 atom stereocenters. The van der Waals surface area contributed by atoms with Crippen LogP contribution in [0.25, 0.3) is 10.9 Å². The Morgan fingerprint density at radius 2 is 1.74 bits per heavy atom. The SMILES string of the molecule is COc1ccc(C)cc1NC(=O)c1[nH]c2cc(C)ccc2c1C. The number of fused-ring (bicyclic) bond motifs is 1. The largest absolute Gasteiger partial charge is 0.495 e. The number of aromatic amines is 1. The summed E-state index contributed by atoms with van der Waals surface area (Å²) in [6.45, 7) is 5.97. The second kappa shape index (κ2) is 5.80. The van der Waals surface area contributed by atoms with Gasteiger partial charge in [-0.3, -0.25) is 4.79 Å². The Morgan fingerprint density at radius 3 is 2.48 bits per heavy atom. The maximum Gasteiger partial charge on any atom is 0.272 e. The van der Waals surface area contributed by atoms with Gasteiger partial charge in [-0.2, -0.15) is 0 Å². The van der Waals surface area contributed by atoms with Gasteiger partial charge in [0.1, 0.15) is 11.4 Å².